The highest BCUT2D eigenvalue weighted by Crippen LogP contribution is 2.38. The van der Waals surface area contributed by atoms with Gasteiger partial charge in [-0.2, -0.15) is 4.39 Å². The summed E-state index contributed by atoms with van der Waals surface area (Å²) in [7, 11) is 4.65. The fourth-order valence-corrected chi connectivity index (χ4v) is 3.67. The zero-order valence-electron chi connectivity index (χ0n) is 21.1. The number of benzene rings is 2. The van der Waals surface area contributed by atoms with E-state index < -0.39 is 23.0 Å². The third kappa shape index (κ3) is 6.90. The van der Waals surface area contributed by atoms with Crippen LogP contribution in [-0.4, -0.2) is 43.5 Å². The van der Waals surface area contributed by atoms with Gasteiger partial charge in [-0.25, -0.2) is 4.79 Å². The molecule has 0 fully saturated rings. The van der Waals surface area contributed by atoms with Crippen molar-refractivity contribution in [3.05, 3.63) is 74.3 Å². The Labute approximate surface area is 212 Å². The van der Waals surface area contributed by atoms with Gasteiger partial charge in [0.1, 0.15) is 0 Å². The van der Waals surface area contributed by atoms with E-state index in [1.807, 2.05) is 23.2 Å². The van der Waals surface area contributed by atoms with Crippen molar-refractivity contribution >= 4 is 5.97 Å². The molecule has 0 bridgehead atoms. The summed E-state index contributed by atoms with van der Waals surface area (Å²) in [5.74, 6) is 0.469. The van der Waals surface area contributed by atoms with Crippen molar-refractivity contribution in [3.63, 3.8) is 0 Å². The number of ether oxygens (including phenoxy) is 5. The summed E-state index contributed by atoms with van der Waals surface area (Å²) in [5.41, 5.74) is -0.0871. The van der Waals surface area contributed by atoms with Crippen molar-refractivity contribution in [1.29, 1.82) is 0 Å². The van der Waals surface area contributed by atoms with Crippen LogP contribution in [-0.2, 0) is 24.2 Å². The van der Waals surface area contributed by atoms with Crippen molar-refractivity contribution in [3.8, 4) is 28.7 Å². The number of H-pyrrole nitrogens is 1. The van der Waals surface area contributed by atoms with Gasteiger partial charge in [0.25, 0.3) is 5.56 Å². The number of nitrogens with zero attached hydrogens (tertiary/aromatic N) is 1. The molecule has 1 heterocycles. The summed E-state index contributed by atoms with van der Waals surface area (Å²) in [6.45, 7) is 2.00. The molecule has 1 N–H and O–H groups in total. The molecule has 3 rings (SSSR count). The quantitative estimate of drug-likeness (QED) is 0.288. The number of carbonyl (C=O) groups is 1. The molecular formula is C26H29FN2O8. The molecule has 0 aliphatic carbocycles. The summed E-state index contributed by atoms with van der Waals surface area (Å²) in [6, 6.07) is 9.06. The van der Waals surface area contributed by atoms with Crippen molar-refractivity contribution in [1.82, 2.24) is 9.55 Å². The van der Waals surface area contributed by atoms with Crippen LogP contribution < -0.4 is 34.9 Å². The molecular weight excluding hydrogens is 487 g/mol. The zero-order chi connectivity index (χ0) is 26.9. The number of aryl methyl sites for hydroxylation is 3. The number of hydrogen-bond acceptors (Lipinski definition) is 8. The molecule has 10 nitrogen and oxygen atoms in total. The van der Waals surface area contributed by atoms with Crippen LogP contribution in [0.2, 0.25) is 0 Å². The Morgan fingerprint density at radius 3 is 2.19 bits per heavy atom. The van der Waals surface area contributed by atoms with Crippen LogP contribution in [0, 0.1) is 5.82 Å². The summed E-state index contributed by atoms with van der Waals surface area (Å²) in [4.78, 5) is 37.3. The molecule has 0 amide bonds. The van der Waals surface area contributed by atoms with E-state index in [0.29, 0.717) is 42.4 Å². The van der Waals surface area contributed by atoms with E-state index in [-0.39, 0.29) is 18.7 Å². The van der Waals surface area contributed by atoms with Gasteiger partial charge in [-0.3, -0.25) is 19.1 Å². The van der Waals surface area contributed by atoms with E-state index in [4.69, 9.17) is 23.7 Å². The average Bonchev–Trinajstić information content (AvgIpc) is 2.89. The Hall–Kier alpha value is -4.28. The molecule has 0 radical (unpaired) electrons. The molecule has 2 aromatic carbocycles. The van der Waals surface area contributed by atoms with Crippen LogP contribution in [0.5, 0.6) is 28.7 Å². The van der Waals surface area contributed by atoms with Crippen LogP contribution in [0.25, 0.3) is 0 Å². The van der Waals surface area contributed by atoms with Crippen molar-refractivity contribution < 1.29 is 32.9 Å². The molecule has 3 aromatic rings. The summed E-state index contributed by atoms with van der Waals surface area (Å²) in [5, 5.41) is 0. The second kappa shape index (κ2) is 12.6. The van der Waals surface area contributed by atoms with Crippen LogP contribution in [0.3, 0.4) is 0 Å². The maximum absolute atomic E-state index is 13.5. The van der Waals surface area contributed by atoms with E-state index in [9.17, 15) is 18.8 Å². The van der Waals surface area contributed by atoms with Crippen molar-refractivity contribution in [2.75, 3.05) is 27.9 Å². The number of aromatic amines is 1. The molecule has 0 aliphatic rings. The summed E-state index contributed by atoms with van der Waals surface area (Å²) < 4.78 is 41.7. The minimum absolute atomic E-state index is 0.170. The number of hydrogen-bond donors (Lipinski definition) is 1. The normalized spacial score (nSPS) is 10.6. The van der Waals surface area contributed by atoms with Gasteiger partial charge in [-0.1, -0.05) is 6.07 Å². The first-order valence-corrected chi connectivity index (χ1v) is 11.5. The minimum atomic E-state index is -1.12. The predicted molar refractivity (Wildman–Crippen MR) is 133 cm³/mol. The zero-order valence-corrected chi connectivity index (χ0v) is 21.1. The lowest BCUT2D eigenvalue weighted by Crippen LogP contribution is -2.32. The summed E-state index contributed by atoms with van der Waals surface area (Å²) >= 11 is 0. The largest absolute Gasteiger partial charge is 0.493 e. The van der Waals surface area contributed by atoms with Crippen molar-refractivity contribution in [2.24, 2.45) is 0 Å². The number of aromatic nitrogens is 2. The number of halogens is 1. The molecule has 198 valence electrons. The van der Waals surface area contributed by atoms with Gasteiger partial charge in [0.15, 0.2) is 23.0 Å². The van der Waals surface area contributed by atoms with Gasteiger partial charge < -0.3 is 23.7 Å². The minimum Gasteiger partial charge on any atom is -0.493 e. The average molecular weight is 517 g/mol. The Balaban J connectivity index is 1.73. The number of nitrogens with one attached hydrogen (secondary N) is 1. The van der Waals surface area contributed by atoms with E-state index >= 15 is 0 Å². The highest BCUT2D eigenvalue weighted by atomic mass is 19.1. The van der Waals surface area contributed by atoms with Gasteiger partial charge in [0.05, 0.1) is 40.6 Å². The molecule has 11 heteroatoms. The third-order valence-electron chi connectivity index (χ3n) is 5.48. The molecule has 37 heavy (non-hydrogen) atoms. The molecule has 0 atom stereocenters. The second-order valence-corrected chi connectivity index (χ2v) is 7.90. The fraction of sp³-hybridized carbons (Fsp3) is 0.346. The highest BCUT2D eigenvalue weighted by molar-refractivity contribution is 5.73. The van der Waals surface area contributed by atoms with Crippen LogP contribution in [0.15, 0.2) is 46.1 Å². The summed E-state index contributed by atoms with van der Waals surface area (Å²) in [6.07, 6.45) is 1.77. The Morgan fingerprint density at radius 2 is 1.57 bits per heavy atom. The Bertz CT molecular complexity index is 1340. The predicted octanol–water partition coefficient (Wildman–Crippen LogP) is 2.88. The first kappa shape index (κ1) is 27.3. The van der Waals surface area contributed by atoms with Gasteiger partial charge >= 0.3 is 11.7 Å². The van der Waals surface area contributed by atoms with E-state index in [1.54, 1.807) is 40.4 Å². The molecule has 0 spiro atoms. The molecule has 1 aromatic heterocycles. The topological polar surface area (TPSA) is 118 Å². The number of carbonyl (C=O) groups excluding carboxylic acids is 1. The maximum atomic E-state index is 13.5. The lowest BCUT2D eigenvalue weighted by molar-refractivity contribution is -0.134. The van der Waals surface area contributed by atoms with Gasteiger partial charge in [-0.15, -0.1) is 0 Å². The number of esters is 1. The molecule has 0 saturated heterocycles. The van der Waals surface area contributed by atoms with Crippen LogP contribution in [0.1, 0.15) is 24.5 Å². The van der Waals surface area contributed by atoms with Crippen LogP contribution >= 0.6 is 0 Å². The Kier molecular flexibility index (Phi) is 9.31. The van der Waals surface area contributed by atoms with Crippen molar-refractivity contribution in [2.45, 2.75) is 32.7 Å². The number of methoxy groups -OCH3 is 3. The second-order valence-electron chi connectivity index (χ2n) is 7.90. The lowest BCUT2D eigenvalue weighted by Gasteiger charge is -2.15. The highest BCUT2D eigenvalue weighted by Gasteiger charge is 2.15. The monoisotopic (exact) mass is 516 g/mol. The van der Waals surface area contributed by atoms with Gasteiger partial charge in [0.2, 0.25) is 11.6 Å². The van der Waals surface area contributed by atoms with E-state index in [1.165, 1.54) is 0 Å². The van der Waals surface area contributed by atoms with Gasteiger partial charge in [-0.05, 0) is 55.2 Å². The molecule has 0 saturated carbocycles. The van der Waals surface area contributed by atoms with Crippen LogP contribution in [0.4, 0.5) is 4.39 Å². The Morgan fingerprint density at radius 1 is 0.919 bits per heavy atom. The maximum Gasteiger partial charge on any atom is 0.328 e. The lowest BCUT2D eigenvalue weighted by atomic mass is 10.0. The molecule has 0 aliphatic heterocycles. The number of rotatable bonds is 12. The fourth-order valence-electron chi connectivity index (χ4n) is 3.67. The molecule has 0 unspecified atom stereocenters. The first-order valence-electron chi connectivity index (χ1n) is 11.5. The van der Waals surface area contributed by atoms with E-state index in [0.717, 1.165) is 21.9 Å². The van der Waals surface area contributed by atoms with Gasteiger partial charge in [0, 0.05) is 6.54 Å². The third-order valence-corrected chi connectivity index (χ3v) is 5.48. The standard InChI is InChI=1S/C26H29FN2O8/c1-5-36-19-9-8-16(6-7-17-13-21(33-2)24(35-4)22(14-17)34-3)12-20(19)37-23(30)10-11-29-15-18(27)25(31)28-26(29)32/h8-9,12-15H,5-7,10-11H2,1-4H3,(H,28,31,32). The smallest absolute Gasteiger partial charge is 0.328 e. The van der Waals surface area contributed by atoms with E-state index in [2.05, 4.69) is 0 Å². The SMILES string of the molecule is CCOc1ccc(CCc2cc(OC)c(OC)c(OC)c2)cc1OC(=O)CCn1cc(F)c(=O)[nH]c1=O. The first-order chi connectivity index (χ1) is 17.8.